The van der Waals surface area contributed by atoms with E-state index < -0.39 is 0 Å². The first-order valence-electron chi connectivity index (χ1n) is 5.72. The number of nitrogens with two attached hydrogens (primary N) is 1. The summed E-state index contributed by atoms with van der Waals surface area (Å²) >= 11 is 0. The smallest absolute Gasteiger partial charge is 0.215 e. The maximum atomic E-state index is 5.46. The molecule has 0 spiro atoms. The summed E-state index contributed by atoms with van der Waals surface area (Å²) < 4.78 is 0. The molecule has 0 amide bonds. The lowest BCUT2D eigenvalue weighted by Gasteiger charge is -2.08. The largest absolute Gasteiger partial charge is 0.325 e. The first-order chi connectivity index (χ1) is 8.78. The first kappa shape index (κ1) is 12.1. The van der Waals surface area contributed by atoms with Gasteiger partial charge in [0.05, 0.1) is 5.69 Å². The molecule has 0 saturated carbocycles. The number of rotatable bonds is 2. The molecule has 0 fully saturated rings. The van der Waals surface area contributed by atoms with E-state index in [1.54, 1.807) is 0 Å². The van der Waals surface area contributed by atoms with Crippen molar-refractivity contribution in [3.8, 4) is 0 Å². The standard InChI is InChI=1S/C14H16N4/c1-11-7-9-13(10-8-11)17-14(18-15)16-12-5-3-2-4-6-12/h2-10H,15H2,1H3,(H2,16,17,18). The van der Waals surface area contributed by atoms with Crippen molar-refractivity contribution in [1.29, 1.82) is 0 Å². The summed E-state index contributed by atoms with van der Waals surface area (Å²) in [5.41, 5.74) is 5.53. The van der Waals surface area contributed by atoms with Gasteiger partial charge in [0.15, 0.2) is 0 Å². The zero-order valence-electron chi connectivity index (χ0n) is 10.2. The minimum atomic E-state index is 0.505. The predicted molar refractivity (Wildman–Crippen MR) is 75.7 cm³/mol. The Hall–Kier alpha value is -2.33. The molecule has 0 aliphatic heterocycles. The van der Waals surface area contributed by atoms with Crippen molar-refractivity contribution in [2.45, 2.75) is 6.92 Å². The zero-order valence-corrected chi connectivity index (χ0v) is 10.2. The van der Waals surface area contributed by atoms with E-state index >= 15 is 0 Å². The third kappa shape index (κ3) is 3.33. The van der Waals surface area contributed by atoms with Gasteiger partial charge in [-0.3, -0.25) is 5.43 Å². The fourth-order valence-corrected chi connectivity index (χ4v) is 1.50. The van der Waals surface area contributed by atoms with Crippen LogP contribution in [-0.2, 0) is 0 Å². The van der Waals surface area contributed by atoms with E-state index in [0.29, 0.717) is 5.96 Å². The summed E-state index contributed by atoms with van der Waals surface area (Å²) in [6.07, 6.45) is 0. The number of guanidine groups is 1. The molecule has 4 N–H and O–H groups in total. The van der Waals surface area contributed by atoms with Crippen LogP contribution in [0.5, 0.6) is 0 Å². The number of hydrogen-bond donors (Lipinski definition) is 3. The van der Waals surface area contributed by atoms with Gasteiger partial charge in [-0.05, 0) is 31.2 Å². The topological polar surface area (TPSA) is 62.4 Å². The summed E-state index contributed by atoms with van der Waals surface area (Å²) in [7, 11) is 0. The Balaban J connectivity index is 2.15. The van der Waals surface area contributed by atoms with Gasteiger partial charge < -0.3 is 5.32 Å². The number of aryl methyl sites for hydroxylation is 1. The van der Waals surface area contributed by atoms with Crippen LogP contribution < -0.4 is 16.6 Å². The fourth-order valence-electron chi connectivity index (χ4n) is 1.50. The third-order valence-corrected chi connectivity index (χ3v) is 2.45. The van der Waals surface area contributed by atoms with Crippen LogP contribution in [0.3, 0.4) is 0 Å². The maximum absolute atomic E-state index is 5.46. The Bertz CT molecular complexity index is 517. The van der Waals surface area contributed by atoms with E-state index in [1.807, 2.05) is 61.5 Å². The van der Waals surface area contributed by atoms with Crippen LogP contribution in [0, 0.1) is 6.92 Å². The Morgan fingerprint density at radius 1 is 1.00 bits per heavy atom. The van der Waals surface area contributed by atoms with Gasteiger partial charge in [-0.2, -0.15) is 0 Å². The van der Waals surface area contributed by atoms with E-state index in [9.17, 15) is 0 Å². The molecular weight excluding hydrogens is 224 g/mol. The van der Waals surface area contributed by atoms with Crippen LogP contribution in [0.1, 0.15) is 5.56 Å². The molecule has 4 nitrogen and oxygen atoms in total. The highest BCUT2D eigenvalue weighted by Crippen LogP contribution is 2.13. The average Bonchev–Trinajstić information content (AvgIpc) is 2.41. The third-order valence-electron chi connectivity index (χ3n) is 2.45. The molecule has 0 unspecified atom stereocenters. The molecular formula is C14H16N4. The number of hydrazine groups is 1. The molecule has 0 aromatic heterocycles. The SMILES string of the molecule is Cc1ccc(N=C(NN)Nc2ccccc2)cc1. The molecule has 2 aromatic rings. The molecule has 2 rings (SSSR count). The van der Waals surface area contributed by atoms with E-state index in [2.05, 4.69) is 15.7 Å². The average molecular weight is 240 g/mol. The van der Waals surface area contributed by atoms with Crippen LogP contribution in [-0.4, -0.2) is 5.96 Å². The van der Waals surface area contributed by atoms with Crippen molar-refractivity contribution >= 4 is 17.3 Å². The van der Waals surface area contributed by atoms with Gasteiger partial charge in [-0.15, -0.1) is 0 Å². The van der Waals surface area contributed by atoms with Crippen LogP contribution in [0.15, 0.2) is 59.6 Å². The molecule has 2 aromatic carbocycles. The highest BCUT2D eigenvalue weighted by molar-refractivity contribution is 5.94. The second-order valence-electron chi connectivity index (χ2n) is 3.93. The van der Waals surface area contributed by atoms with Crippen molar-refractivity contribution < 1.29 is 0 Å². The number of nitrogens with zero attached hydrogens (tertiary/aromatic N) is 1. The summed E-state index contributed by atoms with van der Waals surface area (Å²) in [6, 6.07) is 17.6. The van der Waals surface area contributed by atoms with Gasteiger partial charge in [0.25, 0.3) is 0 Å². The lowest BCUT2D eigenvalue weighted by Crippen LogP contribution is -2.35. The van der Waals surface area contributed by atoms with Crippen LogP contribution >= 0.6 is 0 Å². The number of nitrogens with one attached hydrogen (secondary N) is 2. The highest BCUT2D eigenvalue weighted by atomic mass is 15.3. The van der Waals surface area contributed by atoms with Crippen molar-refractivity contribution in [3.63, 3.8) is 0 Å². The normalized spacial score (nSPS) is 11.1. The maximum Gasteiger partial charge on any atom is 0.215 e. The lowest BCUT2D eigenvalue weighted by atomic mass is 10.2. The Kier molecular flexibility index (Phi) is 3.94. The van der Waals surface area contributed by atoms with Gasteiger partial charge >= 0.3 is 0 Å². The second kappa shape index (κ2) is 5.84. The van der Waals surface area contributed by atoms with Crippen LogP contribution in [0.2, 0.25) is 0 Å². The number of aliphatic imine (C=N–C) groups is 1. The van der Waals surface area contributed by atoms with E-state index in [4.69, 9.17) is 5.84 Å². The Labute approximate surface area is 107 Å². The van der Waals surface area contributed by atoms with Crippen LogP contribution in [0.25, 0.3) is 0 Å². The molecule has 4 heteroatoms. The molecule has 0 heterocycles. The molecule has 0 aliphatic rings. The number of hydrogen-bond acceptors (Lipinski definition) is 2. The van der Waals surface area contributed by atoms with Gasteiger partial charge in [0.2, 0.25) is 5.96 Å². The first-order valence-corrected chi connectivity index (χ1v) is 5.72. The van der Waals surface area contributed by atoms with Gasteiger partial charge in [-0.25, -0.2) is 10.8 Å². The lowest BCUT2D eigenvalue weighted by molar-refractivity contribution is 1.02. The number of anilines is 1. The molecule has 0 aliphatic carbocycles. The van der Waals surface area contributed by atoms with E-state index in [1.165, 1.54) is 5.56 Å². The molecule has 0 saturated heterocycles. The summed E-state index contributed by atoms with van der Waals surface area (Å²) in [6.45, 7) is 2.04. The molecule has 0 bridgehead atoms. The molecule has 0 atom stereocenters. The van der Waals surface area contributed by atoms with Crippen LogP contribution in [0.4, 0.5) is 11.4 Å². The highest BCUT2D eigenvalue weighted by Gasteiger charge is 1.97. The minimum absolute atomic E-state index is 0.505. The summed E-state index contributed by atoms with van der Waals surface area (Å²) in [5.74, 6) is 5.96. The zero-order chi connectivity index (χ0) is 12.8. The predicted octanol–water partition coefficient (Wildman–Crippen LogP) is 2.56. The molecule has 0 radical (unpaired) electrons. The van der Waals surface area contributed by atoms with Crippen molar-refractivity contribution in [2.24, 2.45) is 10.8 Å². The monoisotopic (exact) mass is 240 g/mol. The molecule has 92 valence electrons. The van der Waals surface area contributed by atoms with Crippen molar-refractivity contribution in [1.82, 2.24) is 5.43 Å². The number of benzene rings is 2. The summed E-state index contributed by atoms with van der Waals surface area (Å²) in [5, 5.41) is 3.11. The Morgan fingerprint density at radius 2 is 1.67 bits per heavy atom. The molecule has 18 heavy (non-hydrogen) atoms. The van der Waals surface area contributed by atoms with E-state index in [0.717, 1.165) is 11.4 Å². The van der Waals surface area contributed by atoms with Gasteiger partial charge in [0.1, 0.15) is 0 Å². The second-order valence-corrected chi connectivity index (χ2v) is 3.93. The summed E-state index contributed by atoms with van der Waals surface area (Å²) in [4.78, 5) is 4.38. The fraction of sp³-hybridized carbons (Fsp3) is 0.0714. The van der Waals surface area contributed by atoms with Crippen molar-refractivity contribution in [2.75, 3.05) is 5.32 Å². The quantitative estimate of drug-likeness (QED) is 0.327. The van der Waals surface area contributed by atoms with Gasteiger partial charge in [-0.1, -0.05) is 35.9 Å². The van der Waals surface area contributed by atoms with E-state index in [-0.39, 0.29) is 0 Å². The minimum Gasteiger partial charge on any atom is -0.325 e. The van der Waals surface area contributed by atoms with Crippen molar-refractivity contribution in [3.05, 3.63) is 60.2 Å². The van der Waals surface area contributed by atoms with Gasteiger partial charge in [0, 0.05) is 5.69 Å². The number of para-hydroxylation sites is 1. The Morgan fingerprint density at radius 3 is 2.28 bits per heavy atom.